The fourth-order valence-electron chi connectivity index (χ4n) is 4.25. The quantitative estimate of drug-likeness (QED) is 0.277. The van der Waals surface area contributed by atoms with Crippen LogP contribution < -0.4 is 10.4 Å². The molecule has 1 aromatic carbocycles. The van der Waals surface area contributed by atoms with Crippen LogP contribution in [-0.2, 0) is 49.3 Å². The highest BCUT2D eigenvalue weighted by Crippen LogP contribution is 2.35. The topological polar surface area (TPSA) is 154 Å². The van der Waals surface area contributed by atoms with Gasteiger partial charge in [0, 0.05) is 33.8 Å². The molecule has 38 heavy (non-hydrogen) atoms. The number of esters is 4. The van der Waals surface area contributed by atoms with Crippen LogP contribution in [0.15, 0.2) is 27.4 Å². The van der Waals surface area contributed by atoms with E-state index < -0.39 is 60.2 Å². The maximum atomic E-state index is 12.1. The Morgan fingerprint density at radius 3 is 2.03 bits per heavy atom. The molecule has 0 aliphatic carbocycles. The average Bonchev–Trinajstić information content (AvgIpc) is 2.79. The fourth-order valence-corrected chi connectivity index (χ4v) is 4.25. The molecule has 1 fully saturated rings. The summed E-state index contributed by atoms with van der Waals surface area (Å²) in [5, 5.41) is 0.491. The zero-order chi connectivity index (χ0) is 28.1. The number of aryl methyl sites for hydroxylation is 2. The van der Waals surface area contributed by atoms with E-state index in [4.69, 9.17) is 32.8 Å². The van der Waals surface area contributed by atoms with Crippen molar-refractivity contribution in [1.29, 1.82) is 0 Å². The van der Waals surface area contributed by atoms with Crippen LogP contribution in [0.5, 0.6) is 5.75 Å². The largest absolute Gasteiger partial charge is 0.463 e. The van der Waals surface area contributed by atoms with E-state index in [1.807, 2.05) is 6.92 Å². The molecular formula is C26H30O12. The van der Waals surface area contributed by atoms with Crippen molar-refractivity contribution in [2.75, 3.05) is 6.61 Å². The number of fused-ring (bicyclic) bond motifs is 1. The molecule has 3 rings (SSSR count). The fraction of sp³-hybridized carbons (Fsp3) is 0.500. The van der Waals surface area contributed by atoms with Crippen LogP contribution in [0.3, 0.4) is 0 Å². The molecule has 0 spiro atoms. The summed E-state index contributed by atoms with van der Waals surface area (Å²) in [6.45, 7) is 7.81. The van der Waals surface area contributed by atoms with Gasteiger partial charge in [0.15, 0.2) is 12.2 Å². The predicted octanol–water partition coefficient (Wildman–Crippen LogP) is 2.13. The highest BCUT2D eigenvalue weighted by atomic mass is 16.7. The van der Waals surface area contributed by atoms with Gasteiger partial charge in [-0.25, -0.2) is 4.79 Å². The average molecular weight is 535 g/mol. The van der Waals surface area contributed by atoms with Crippen molar-refractivity contribution < 1.29 is 52.0 Å². The molecule has 12 heteroatoms. The molecule has 0 amide bonds. The van der Waals surface area contributed by atoms with E-state index >= 15 is 0 Å². The van der Waals surface area contributed by atoms with Gasteiger partial charge in [0.2, 0.25) is 12.4 Å². The maximum absolute atomic E-state index is 12.1. The standard InChI is InChI=1S/C26H30O12/c1-7-17-10-21(31)36-18-8-12(2)9-19(22(17)18)37-26-25(35-16(6)30)24(34-15(5)29)23(33-14(4)28)20(38-26)11-32-13(3)27/h8-10,20,23-26H,7,11H2,1-6H3/t20-,23-,24+,25-,26+/m1/s1. The second-order valence-electron chi connectivity index (χ2n) is 8.77. The first-order valence-electron chi connectivity index (χ1n) is 11.9. The second kappa shape index (κ2) is 12.1. The normalized spacial score (nSPS) is 22.8. The smallest absolute Gasteiger partial charge is 0.336 e. The van der Waals surface area contributed by atoms with Gasteiger partial charge in [0.05, 0.1) is 5.39 Å². The van der Waals surface area contributed by atoms with Crippen LogP contribution in [0.2, 0.25) is 0 Å². The molecule has 12 nitrogen and oxygen atoms in total. The van der Waals surface area contributed by atoms with Crippen molar-refractivity contribution in [2.45, 2.75) is 78.7 Å². The summed E-state index contributed by atoms with van der Waals surface area (Å²) >= 11 is 0. The Bertz CT molecular complexity index is 1280. The molecule has 2 heterocycles. The van der Waals surface area contributed by atoms with Crippen molar-refractivity contribution in [1.82, 2.24) is 0 Å². The Labute approximate surface area is 218 Å². The zero-order valence-corrected chi connectivity index (χ0v) is 21.9. The first-order chi connectivity index (χ1) is 17.9. The van der Waals surface area contributed by atoms with Gasteiger partial charge in [-0.1, -0.05) is 6.92 Å². The molecule has 0 radical (unpaired) electrons. The van der Waals surface area contributed by atoms with Crippen molar-refractivity contribution in [3.63, 3.8) is 0 Å². The summed E-state index contributed by atoms with van der Waals surface area (Å²) in [6.07, 6.45) is -6.19. The second-order valence-corrected chi connectivity index (χ2v) is 8.77. The van der Waals surface area contributed by atoms with E-state index in [0.717, 1.165) is 20.8 Å². The number of hydrogen-bond donors (Lipinski definition) is 0. The highest BCUT2D eigenvalue weighted by Gasteiger charge is 2.53. The van der Waals surface area contributed by atoms with Crippen LogP contribution in [-0.4, -0.2) is 61.2 Å². The number of benzene rings is 1. The maximum Gasteiger partial charge on any atom is 0.336 e. The Morgan fingerprint density at radius 2 is 1.45 bits per heavy atom. The van der Waals surface area contributed by atoms with E-state index in [1.165, 1.54) is 13.0 Å². The van der Waals surface area contributed by atoms with Gasteiger partial charge in [-0.2, -0.15) is 0 Å². The molecule has 0 unspecified atom stereocenters. The summed E-state index contributed by atoms with van der Waals surface area (Å²) in [5.74, 6) is -2.64. The summed E-state index contributed by atoms with van der Waals surface area (Å²) in [7, 11) is 0. The molecule has 2 aromatic rings. The number of carbonyl (C=O) groups is 4. The van der Waals surface area contributed by atoms with E-state index in [2.05, 4.69) is 0 Å². The molecule has 1 aliphatic heterocycles. The minimum absolute atomic E-state index is 0.237. The van der Waals surface area contributed by atoms with Gasteiger partial charge in [0.1, 0.15) is 24.0 Å². The lowest BCUT2D eigenvalue weighted by Crippen LogP contribution is -2.63. The Kier molecular flexibility index (Phi) is 9.10. The van der Waals surface area contributed by atoms with Crippen molar-refractivity contribution in [3.8, 4) is 5.75 Å². The van der Waals surface area contributed by atoms with Gasteiger partial charge < -0.3 is 32.8 Å². The van der Waals surface area contributed by atoms with Gasteiger partial charge in [-0.05, 0) is 36.6 Å². The summed E-state index contributed by atoms with van der Waals surface area (Å²) < 4.78 is 39.0. The van der Waals surface area contributed by atoms with Crippen molar-refractivity contribution in [3.05, 3.63) is 39.7 Å². The van der Waals surface area contributed by atoms with E-state index in [9.17, 15) is 24.0 Å². The molecule has 5 atom stereocenters. The number of hydrogen-bond acceptors (Lipinski definition) is 12. The highest BCUT2D eigenvalue weighted by molar-refractivity contribution is 5.87. The van der Waals surface area contributed by atoms with Crippen LogP contribution in [0, 0.1) is 6.92 Å². The van der Waals surface area contributed by atoms with Crippen LogP contribution >= 0.6 is 0 Å². The van der Waals surface area contributed by atoms with E-state index in [1.54, 1.807) is 19.1 Å². The van der Waals surface area contributed by atoms with E-state index in [-0.39, 0.29) is 17.9 Å². The molecule has 0 bridgehead atoms. The molecule has 1 aliphatic rings. The molecular weight excluding hydrogens is 504 g/mol. The van der Waals surface area contributed by atoms with Crippen molar-refractivity contribution >= 4 is 34.8 Å². The van der Waals surface area contributed by atoms with Crippen molar-refractivity contribution in [2.24, 2.45) is 0 Å². The SMILES string of the molecule is CCc1cc(=O)oc2cc(C)cc(O[C@H]3O[C@H](COC(C)=O)[C@@H](OC(C)=O)[C@H](OC(C)=O)[C@H]3OC(C)=O)c12. The monoisotopic (exact) mass is 534 g/mol. The van der Waals surface area contributed by atoms with Gasteiger partial charge in [-0.3, -0.25) is 19.2 Å². The Morgan fingerprint density at radius 1 is 0.842 bits per heavy atom. The molecule has 0 saturated carbocycles. The van der Waals surface area contributed by atoms with Gasteiger partial charge in [-0.15, -0.1) is 0 Å². The van der Waals surface area contributed by atoms with Crippen LogP contribution in [0.25, 0.3) is 11.0 Å². The van der Waals surface area contributed by atoms with Gasteiger partial charge in [0.25, 0.3) is 0 Å². The minimum Gasteiger partial charge on any atom is -0.463 e. The molecule has 1 aromatic heterocycles. The number of rotatable bonds is 8. The minimum atomic E-state index is -1.42. The lowest BCUT2D eigenvalue weighted by atomic mass is 9.98. The predicted molar refractivity (Wildman–Crippen MR) is 129 cm³/mol. The lowest BCUT2D eigenvalue weighted by Gasteiger charge is -2.44. The molecule has 206 valence electrons. The Hall–Kier alpha value is -3.93. The molecule has 1 saturated heterocycles. The molecule has 0 N–H and O–H groups in total. The third-order valence-corrected chi connectivity index (χ3v) is 5.61. The van der Waals surface area contributed by atoms with Crippen LogP contribution in [0.4, 0.5) is 0 Å². The van der Waals surface area contributed by atoms with E-state index in [0.29, 0.717) is 22.9 Å². The van der Waals surface area contributed by atoms with Crippen LogP contribution in [0.1, 0.15) is 45.7 Å². The summed E-state index contributed by atoms with van der Waals surface area (Å²) in [6, 6.07) is 4.70. The third-order valence-electron chi connectivity index (χ3n) is 5.61. The summed E-state index contributed by atoms with van der Waals surface area (Å²) in [5.41, 5.74) is 1.07. The van der Waals surface area contributed by atoms with Gasteiger partial charge >= 0.3 is 29.5 Å². The zero-order valence-electron chi connectivity index (χ0n) is 21.9. The third kappa shape index (κ3) is 6.88. The lowest BCUT2D eigenvalue weighted by molar-refractivity contribution is -0.288. The first-order valence-corrected chi connectivity index (χ1v) is 11.9. The first kappa shape index (κ1) is 28.6. The Balaban J connectivity index is 2.14. The summed E-state index contributed by atoms with van der Waals surface area (Å²) in [4.78, 5) is 59.6. The number of carbonyl (C=O) groups excluding carboxylic acids is 4. The number of ether oxygens (including phenoxy) is 6.